The fourth-order valence-corrected chi connectivity index (χ4v) is 4.62. The van der Waals surface area contributed by atoms with Crippen LogP contribution in [0.15, 0.2) is 46.5 Å². The fourth-order valence-electron chi connectivity index (χ4n) is 3.26. The van der Waals surface area contributed by atoms with E-state index >= 15 is 0 Å². The SMILES string of the molecule is Nc1ncnc2cc(CN3CCN(C/C=C/c4cc(Br)cs4)CC3=O)ccc12. The van der Waals surface area contributed by atoms with Gasteiger partial charge in [-0.3, -0.25) is 9.69 Å². The van der Waals surface area contributed by atoms with Gasteiger partial charge in [0.2, 0.25) is 5.91 Å². The first-order chi connectivity index (χ1) is 13.6. The first-order valence-electron chi connectivity index (χ1n) is 8.98. The van der Waals surface area contributed by atoms with Crippen molar-refractivity contribution in [2.75, 3.05) is 31.9 Å². The topological polar surface area (TPSA) is 75.3 Å². The Bertz CT molecular complexity index is 1030. The number of nitrogens with zero attached hydrogens (tertiary/aromatic N) is 4. The van der Waals surface area contributed by atoms with Crippen LogP contribution >= 0.6 is 27.3 Å². The lowest BCUT2D eigenvalue weighted by molar-refractivity contribution is -0.136. The fraction of sp³-hybridized carbons (Fsp3) is 0.250. The number of carbonyl (C=O) groups is 1. The van der Waals surface area contributed by atoms with Crippen LogP contribution in [-0.2, 0) is 11.3 Å². The van der Waals surface area contributed by atoms with Crippen LogP contribution in [0.1, 0.15) is 10.4 Å². The molecule has 0 unspecified atom stereocenters. The molecular formula is C20H20BrN5OS. The molecule has 4 rings (SSSR count). The highest BCUT2D eigenvalue weighted by Crippen LogP contribution is 2.21. The van der Waals surface area contributed by atoms with E-state index in [9.17, 15) is 4.79 Å². The van der Waals surface area contributed by atoms with E-state index < -0.39 is 0 Å². The lowest BCUT2D eigenvalue weighted by Gasteiger charge is -2.33. The number of nitrogen functional groups attached to an aromatic ring is 1. The minimum atomic E-state index is 0.154. The second kappa shape index (κ2) is 8.38. The molecule has 0 bridgehead atoms. The van der Waals surface area contributed by atoms with Crippen molar-refractivity contribution in [3.8, 4) is 0 Å². The van der Waals surface area contributed by atoms with Gasteiger partial charge in [0.15, 0.2) is 0 Å². The van der Waals surface area contributed by atoms with Gasteiger partial charge in [0.1, 0.15) is 12.1 Å². The zero-order valence-corrected chi connectivity index (χ0v) is 17.6. The Morgan fingerprint density at radius 1 is 1.25 bits per heavy atom. The summed E-state index contributed by atoms with van der Waals surface area (Å²) in [6.45, 7) is 3.40. The second-order valence-corrected chi connectivity index (χ2v) is 8.59. The summed E-state index contributed by atoms with van der Waals surface area (Å²) in [5, 5.41) is 2.90. The van der Waals surface area contributed by atoms with Gasteiger partial charge in [-0.15, -0.1) is 11.3 Å². The predicted molar refractivity (Wildman–Crippen MR) is 117 cm³/mol. The number of carbonyl (C=O) groups excluding carboxylic acids is 1. The number of hydrogen-bond acceptors (Lipinski definition) is 6. The highest BCUT2D eigenvalue weighted by atomic mass is 79.9. The molecule has 3 heterocycles. The summed E-state index contributed by atoms with van der Waals surface area (Å²) in [7, 11) is 0. The first kappa shape index (κ1) is 19.0. The van der Waals surface area contributed by atoms with Gasteiger partial charge < -0.3 is 10.6 Å². The summed E-state index contributed by atoms with van der Waals surface area (Å²) in [4.78, 5) is 26.1. The Kier molecular flexibility index (Phi) is 5.70. The average molecular weight is 458 g/mol. The van der Waals surface area contributed by atoms with Gasteiger partial charge in [0.25, 0.3) is 0 Å². The maximum absolute atomic E-state index is 12.6. The minimum Gasteiger partial charge on any atom is -0.383 e. The molecular weight excluding hydrogens is 438 g/mol. The number of thiophene rings is 1. The molecule has 1 amide bonds. The molecule has 1 fully saturated rings. The highest BCUT2D eigenvalue weighted by molar-refractivity contribution is 9.10. The van der Waals surface area contributed by atoms with Crippen LogP contribution < -0.4 is 5.73 Å². The Morgan fingerprint density at radius 3 is 2.93 bits per heavy atom. The van der Waals surface area contributed by atoms with Crippen LogP contribution in [0.2, 0.25) is 0 Å². The minimum absolute atomic E-state index is 0.154. The molecule has 8 heteroatoms. The van der Waals surface area contributed by atoms with Crippen LogP contribution in [-0.4, -0.2) is 51.9 Å². The summed E-state index contributed by atoms with van der Waals surface area (Å²) in [6, 6.07) is 7.99. The number of halogens is 1. The van der Waals surface area contributed by atoms with Gasteiger partial charge in [0.05, 0.1) is 12.1 Å². The molecule has 1 aliphatic heterocycles. The number of hydrogen-bond donors (Lipinski definition) is 1. The zero-order chi connectivity index (χ0) is 19.5. The molecule has 2 N–H and O–H groups in total. The van der Waals surface area contributed by atoms with Crippen LogP contribution in [0.4, 0.5) is 5.82 Å². The van der Waals surface area contributed by atoms with E-state index in [1.165, 1.54) is 11.2 Å². The Labute approximate surface area is 175 Å². The van der Waals surface area contributed by atoms with E-state index in [0.717, 1.165) is 40.6 Å². The Balaban J connectivity index is 1.34. The molecule has 3 aromatic rings. The quantitative estimate of drug-likeness (QED) is 0.635. The smallest absolute Gasteiger partial charge is 0.237 e. The van der Waals surface area contributed by atoms with Crippen molar-refractivity contribution in [2.45, 2.75) is 6.54 Å². The first-order valence-corrected chi connectivity index (χ1v) is 10.7. The number of benzene rings is 1. The largest absolute Gasteiger partial charge is 0.383 e. The second-order valence-electron chi connectivity index (χ2n) is 6.73. The Hall–Kier alpha value is -2.29. The van der Waals surface area contributed by atoms with Gasteiger partial charge in [-0.2, -0.15) is 0 Å². The van der Waals surface area contributed by atoms with Gasteiger partial charge in [0, 0.05) is 46.3 Å². The Morgan fingerprint density at radius 2 is 2.14 bits per heavy atom. The van der Waals surface area contributed by atoms with Gasteiger partial charge >= 0.3 is 0 Å². The number of anilines is 1. The lowest BCUT2D eigenvalue weighted by Crippen LogP contribution is -2.49. The lowest BCUT2D eigenvalue weighted by atomic mass is 10.1. The molecule has 1 aromatic carbocycles. The third-order valence-electron chi connectivity index (χ3n) is 4.74. The normalized spacial score (nSPS) is 15.8. The number of aromatic nitrogens is 2. The number of nitrogens with two attached hydrogens (primary N) is 1. The van der Waals surface area contributed by atoms with E-state index in [0.29, 0.717) is 18.9 Å². The maximum Gasteiger partial charge on any atom is 0.237 e. The molecule has 0 saturated carbocycles. The standard InChI is InChI=1S/C20H20BrN5OS/c21-15-9-16(28-12-15)2-1-5-25-6-7-26(19(27)11-25)10-14-3-4-17-18(8-14)23-13-24-20(17)22/h1-4,8-9,12-13H,5-7,10-11H2,(H2,22,23,24)/b2-1+. The zero-order valence-electron chi connectivity index (χ0n) is 15.2. The molecule has 0 atom stereocenters. The van der Waals surface area contributed by atoms with Crippen molar-refractivity contribution in [1.29, 1.82) is 0 Å². The predicted octanol–water partition coefficient (Wildman–Crippen LogP) is 3.39. The molecule has 144 valence electrons. The third kappa shape index (κ3) is 4.40. The monoisotopic (exact) mass is 457 g/mol. The average Bonchev–Trinajstić information content (AvgIpc) is 3.09. The molecule has 1 saturated heterocycles. The van der Waals surface area contributed by atoms with Crippen molar-refractivity contribution in [1.82, 2.24) is 19.8 Å². The van der Waals surface area contributed by atoms with Crippen LogP contribution in [0, 0.1) is 0 Å². The summed E-state index contributed by atoms with van der Waals surface area (Å²) < 4.78 is 1.10. The van der Waals surface area contributed by atoms with Crippen LogP contribution in [0.25, 0.3) is 17.0 Å². The van der Waals surface area contributed by atoms with Crippen molar-refractivity contribution in [2.24, 2.45) is 0 Å². The number of piperazine rings is 1. The third-order valence-corrected chi connectivity index (χ3v) is 6.40. The maximum atomic E-state index is 12.6. The van der Waals surface area contributed by atoms with Crippen LogP contribution in [0.5, 0.6) is 0 Å². The highest BCUT2D eigenvalue weighted by Gasteiger charge is 2.23. The van der Waals surface area contributed by atoms with Crippen molar-refractivity contribution < 1.29 is 4.79 Å². The van der Waals surface area contributed by atoms with E-state index in [1.54, 1.807) is 11.3 Å². The van der Waals surface area contributed by atoms with Crippen molar-refractivity contribution in [3.05, 3.63) is 57.0 Å². The van der Waals surface area contributed by atoms with Crippen molar-refractivity contribution >= 4 is 56.0 Å². The summed E-state index contributed by atoms with van der Waals surface area (Å²) in [5.41, 5.74) is 7.74. The molecule has 0 aliphatic carbocycles. The number of amides is 1. The van der Waals surface area contributed by atoms with E-state index in [4.69, 9.17) is 5.73 Å². The molecule has 0 radical (unpaired) electrons. The van der Waals surface area contributed by atoms with Gasteiger partial charge in [-0.05, 0) is 45.8 Å². The number of fused-ring (bicyclic) bond motifs is 1. The van der Waals surface area contributed by atoms with E-state index in [2.05, 4.69) is 54.4 Å². The summed E-state index contributed by atoms with van der Waals surface area (Å²) in [5.74, 6) is 0.630. The molecule has 0 spiro atoms. The van der Waals surface area contributed by atoms with E-state index in [-0.39, 0.29) is 5.91 Å². The number of rotatable bonds is 5. The molecule has 1 aliphatic rings. The molecule has 6 nitrogen and oxygen atoms in total. The molecule has 28 heavy (non-hydrogen) atoms. The van der Waals surface area contributed by atoms with E-state index in [1.807, 2.05) is 23.1 Å². The molecule has 2 aromatic heterocycles. The van der Waals surface area contributed by atoms with Gasteiger partial charge in [-0.1, -0.05) is 12.1 Å². The summed E-state index contributed by atoms with van der Waals surface area (Å²) >= 11 is 5.16. The van der Waals surface area contributed by atoms with Gasteiger partial charge in [-0.25, -0.2) is 9.97 Å². The van der Waals surface area contributed by atoms with Crippen LogP contribution in [0.3, 0.4) is 0 Å². The van der Waals surface area contributed by atoms with Crippen molar-refractivity contribution in [3.63, 3.8) is 0 Å². The summed E-state index contributed by atoms with van der Waals surface area (Å²) in [6.07, 6.45) is 5.69.